The van der Waals surface area contributed by atoms with E-state index in [1.807, 2.05) is 0 Å². The summed E-state index contributed by atoms with van der Waals surface area (Å²) in [6.07, 6.45) is 3.62. The number of hydrogen-bond donors (Lipinski definition) is 0. The van der Waals surface area contributed by atoms with E-state index < -0.39 is 0 Å². The van der Waals surface area contributed by atoms with Gasteiger partial charge in [0, 0.05) is 0 Å². The predicted octanol–water partition coefficient (Wildman–Crippen LogP) is 4.40. The second kappa shape index (κ2) is 6.75. The van der Waals surface area contributed by atoms with E-state index in [2.05, 4.69) is 91.0 Å². The Hall–Kier alpha value is -1.81. The summed E-state index contributed by atoms with van der Waals surface area (Å²) in [7, 11) is 0. The van der Waals surface area contributed by atoms with Crippen LogP contribution in [0.25, 0.3) is 3.62 Å². The molecule has 0 spiro atoms. The molecule has 0 fully saturated rings. The first-order chi connectivity index (χ1) is 11.4. The summed E-state index contributed by atoms with van der Waals surface area (Å²) >= 11 is -0.296. The van der Waals surface area contributed by atoms with E-state index in [-0.39, 0.29) is 20.9 Å². The summed E-state index contributed by atoms with van der Waals surface area (Å²) in [5.74, 6) is 0.489. The molecule has 0 aromatic heterocycles. The van der Waals surface area contributed by atoms with Gasteiger partial charge in [-0.1, -0.05) is 0 Å². The van der Waals surface area contributed by atoms with Gasteiger partial charge in [0.05, 0.1) is 0 Å². The molecule has 0 amide bonds. The van der Waals surface area contributed by atoms with Crippen LogP contribution in [-0.4, -0.2) is 20.9 Å². The van der Waals surface area contributed by atoms with Crippen LogP contribution >= 0.6 is 0 Å². The van der Waals surface area contributed by atoms with Crippen molar-refractivity contribution in [3.63, 3.8) is 0 Å². The maximum atomic E-state index is 2.53. The second-order valence-corrected chi connectivity index (χ2v) is 8.93. The molecule has 0 saturated heterocycles. The summed E-state index contributed by atoms with van der Waals surface area (Å²) in [6.45, 7) is 0. The SMILES string of the molecule is C1=C(c2ccccc2)[Te]c2ccccc2C1Cc1ccccc1. The van der Waals surface area contributed by atoms with Crippen molar-refractivity contribution >= 4 is 28.2 Å². The van der Waals surface area contributed by atoms with Crippen LogP contribution in [0.2, 0.25) is 0 Å². The molecule has 0 N–H and O–H groups in total. The zero-order valence-electron chi connectivity index (χ0n) is 12.9. The summed E-state index contributed by atoms with van der Waals surface area (Å²) < 4.78 is 3.18. The molecular weight excluding hydrogens is 392 g/mol. The molecule has 1 aliphatic rings. The van der Waals surface area contributed by atoms with Gasteiger partial charge in [-0.2, -0.15) is 0 Å². The van der Waals surface area contributed by atoms with Crippen molar-refractivity contribution in [1.82, 2.24) is 0 Å². The van der Waals surface area contributed by atoms with E-state index in [0.29, 0.717) is 5.92 Å². The van der Waals surface area contributed by atoms with Crippen LogP contribution in [0.15, 0.2) is 91.0 Å². The van der Waals surface area contributed by atoms with Crippen molar-refractivity contribution in [2.45, 2.75) is 12.3 Å². The van der Waals surface area contributed by atoms with E-state index in [9.17, 15) is 0 Å². The number of allylic oxidation sites excluding steroid dienone is 1. The Balaban J connectivity index is 1.73. The zero-order chi connectivity index (χ0) is 15.5. The van der Waals surface area contributed by atoms with Crippen molar-refractivity contribution in [2.24, 2.45) is 0 Å². The number of benzene rings is 3. The quantitative estimate of drug-likeness (QED) is 0.562. The maximum absolute atomic E-state index is 2.53. The van der Waals surface area contributed by atoms with Crippen molar-refractivity contribution < 1.29 is 0 Å². The Morgan fingerprint density at radius 1 is 0.696 bits per heavy atom. The van der Waals surface area contributed by atoms with Crippen LogP contribution in [0, 0.1) is 0 Å². The summed E-state index contributed by atoms with van der Waals surface area (Å²) in [5, 5.41) is 0. The Bertz CT molecular complexity index is 819. The van der Waals surface area contributed by atoms with Gasteiger partial charge in [0.25, 0.3) is 0 Å². The van der Waals surface area contributed by atoms with Gasteiger partial charge in [0.2, 0.25) is 0 Å². The van der Waals surface area contributed by atoms with Gasteiger partial charge in [-0.25, -0.2) is 0 Å². The van der Waals surface area contributed by atoms with Gasteiger partial charge in [0.15, 0.2) is 0 Å². The fourth-order valence-corrected chi connectivity index (χ4v) is 6.54. The third-order valence-corrected chi connectivity index (χ3v) is 7.63. The molecule has 0 nitrogen and oxygen atoms in total. The van der Waals surface area contributed by atoms with E-state index in [4.69, 9.17) is 0 Å². The van der Waals surface area contributed by atoms with Crippen molar-refractivity contribution in [2.75, 3.05) is 0 Å². The molecule has 3 aromatic carbocycles. The number of hydrogen-bond acceptors (Lipinski definition) is 0. The first-order valence-electron chi connectivity index (χ1n) is 7.98. The monoisotopic (exact) mass is 412 g/mol. The molecule has 1 heterocycles. The molecule has 3 aromatic rings. The first kappa shape index (κ1) is 14.8. The Morgan fingerprint density at radius 3 is 2.13 bits per heavy atom. The first-order valence-corrected chi connectivity index (χ1v) is 10.3. The average Bonchev–Trinajstić information content (AvgIpc) is 2.63. The van der Waals surface area contributed by atoms with Gasteiger partial charge in [-0.15, -0.1) is 0 Å². The average molecular weight is 410 g/mol. The van der Waals surface area contributed by atoms with Crippen LogP contribution in [0.5, 0.6) is 0 Å². The minimum atomic E-state index is -0.296. The normalized spacial score (nSPS) is 16.5. The van der Waals surface area contributed by atoms with Crippen LogP contribution < -0.4 is 3.61 Å². The van der Waals surface area contributed by atoms with E-state index in [0.717, 1.165) is 6.42 Å². The second-order valence-electron chi connectivity index (χ2n) is 5.83. The van der Waals surface area contributed by atoms with Gasteiger partial charge < -0.3 is 0 Å². The minimum absolute atomic E-state index is 0.296. The van der Waals surface area contributed by atoms with Gasteiger partial charge in [-0.05, 0) is 0 Å². The van der Waals surface area contributed by atoms with Crippen molar-refractivity contribution in [1.29, 1.82) is 0 Å². The molecule has 0 radical (unpaired) electrons. The van der Waals surface area contributed by atoms with Crippen LogP contribution in [0.4, 0.5) is 0 Å². The van der Waals surface area contributed by atoms with Gasteiger partial charge in [0.1, 0.15) is 0 Å². The third-order valence-electron chi connectivity index (χ3n) is 4.25. The summed E-state index contributed by atoms with van der Waals surface area (Å²) in [4.78, 5) is 0. The molecule has 1 unspecified atom stereocenters. The Labute approximate surface area is 148 Å². The van der Waals surface area contributed by atoms with E-state index >= 15 is 0 Å². The molecule has 0 bridgehead atoms. The van der Waals surface area contributed by atoms with Gasteiger partial charge in [-0.3, -0.25) is 0 Å². The number of rotatable bonds is 3. The Morgan fingerprint density at radius 2 is 1.35 bits per heavy atom. The molecule has 23 heavy (non-hydrogen) atoms. The molecule has 1 heteroatoms. The van der Waals surface area contributed by atoms with Crippen molar-refractivity contribution in [3.8, 4) is 0 Å². The standard InChI is InChI=1S/C22H18Te/c1-3-9-17(10-4-1)15-19-16-22(18-11-5-2-6-12-18)23-21-14-8-7-13-20(19)21/h1-14,16,19H,15H2. The molecule has 1 atom stereocenters. The third kappa shape index (κ3) is 3.27. The topological polar surface area (TPSA) is 0 Å². The molecule has 0 saturated carbocycles. The summed E-state index contributed by atoms with van der Waals surface area (Å²) in [5.41, 5.74) is 4.36. The fraction of sp³-hybridized carbons (Fsp3) is 0.0909. The van der Waals surface area contributed by atoms with Gasteiger partial charge >= 0.3 is 148 Å². The predicted molar refractivity (Wildman–Crippen MR) is 99.1 cm³/mol. The molecule has 4 rings (SSSR count). The van der Waals surface area contributed by atoms with Crippen molar-refractivity contribution in [3.05, 3.63) is 108 Å². The van der Waals surface area contributed by atoms with Crippen LogP contribution in [0.3, 0.4) is 0 Å². The Kier molecular flexibility index (Phi) is 4.33. The van der Waals surface area contributed by atoms with E-state index in [1.165, 1.54) is 11.1 Å². The summed E-state index contributed by atoms with van der Waals surface area (Å²) in [6, 6.07) is 30.8. The molecular formula is C22H18Te. The van der Waals surface area contributed by atoms with E-state index in [1.54, 1.807) is 12.8 Å². The van der Waals surface area contributed by atoms with Crippen LogP contribution in [0.1, 0.15) is 22.6 Å². The van der Waals surface area contributed by atoms with Crippen LogP contribution in [-0.2, 0) is 6.42 Å². The molecule has 0 aliphatic carbocycles. The molecule has 112 valence electrons. The zero-order valence-corrected chi connectivity index (χ0v) is 15.2. The fourth-order valence-electron chi connectivity index (χ4n) is 3.10. The molecule has 1 aliphatic heterocycles. The number of fused-ring (bicyclic) bond motifs is 1.